The molecule has 0 spiro atoms. The van der Waals surface area contributed by atoms with Crippen LogP contribution in [0.3, 0.4) is 0 Å². The third-order valence-electron chi connectivity index (χ3n) is 5.89. The minimum atomic E-state index is -0.445. The SMILES string of the molecule is CCOc1cc(C=O)ccc1OCC(=O)N1N=C(c2ccc(F)cc2)CC1c1ccc(OC)c(OC)c1. The van der Waals surface area contributed by atoms with E-state index in [2.05, 4.69) is 5.10 Å². The molecule has 8 nitrogen and oxygen atoms in total. The van der Waals surface area contributed by atoms with Crippen molar-refractivity contribution >= 4 is 17.9 Å². The second-order valence-electron chi connectivity index (χ2n) is 8.17. The van der Waals surface area contributed by atoms with Crippen molar-refractivity contribution < 1.29 is 32.9 Å². The quantitative estimate of drug-likeness (QED) is 0.367. The first kappa shape index (κ1) is 25.7. The number of rotatable bonds is 10. The molecule has 0 fully saturated rings. The Kier molecular flexibility index (Phi) is 8.02. The molecule has 1 unspecified atom stereocenters. The molecule has 0 saturated carbocycles. The summed E-state index contributed by atoms with van der Waals surface area (Å²) in [7, 11) is 3.09. The van der Waals surface area contributed by atoms with E-state index in [4.69, 9.17) is 18.9 Å². The average Bonchev–Trinajstić information content (AvgIpc) is 3.38. The van der Waals surface area contributed by atoms with Crippen LogP contribution in [0.5, 0.6) is 23.0 Å². The second-order valence-corrected chi connectivity index (χ2v) is 8.17. The van der Waals surface area contributed by atoms with E-state index in [1.54, 1.807) is 56.7 Å². The van der Waals surface area contributed by atoms with E-state index in [0.717, 1.165) is 5.56 Å². The number of nitrogens with zero attached hydrogens (tertiary/aromatic N) is 2. The molecule has 4 rings (SSSR count). The van der Waals surface area contributed by atoms with Crippen LogP contribution < -0.4 is 18.9 Å². The molecule has 1 aliphatic heterocycles. The normalized spacial score (nSPS) is 14.6. The summed E-state index contributed by atoms with van der Waals surface area (Å²) in [4.78, 5) is 24.5. The molecule has 192 valence electrons. The molecule has 1 amide bonds. The third-order valence-corrected chi connectivity index (χ3v) is 5.89. The fourth-order valence-electron chi connectivity index (χ4n) is 4.07. The number of hydrogen-bond acceptors (Lipinski definition) is 7. The predicted octanol–water partition coefficient (Wildman–Crippen LogP) is 4.81. The number of hydrogen-bond donors (Lipinski definition) is 0. The molecule has 0 bridgehead atoms. The van der Waals surface area contributed by atoms with Gasteiger partial charge < -0.3 is 18.9 Å². The van der Waals surface area contributed by atoms with Gasteiger partial charge in [0.25, 0.3) is 5.91 Å². The van der Waals surface area contributed by atoms with E-state index in [0.29, 0.717) is 59.2 Å². The van der Waals surface area contributed by atoms with Crippen LogP contribution in [0.4, 0.5) is 4.39 Å². The van der Waals surface area contributed by atoms with Crippen LogP contribution in [0.25, 0.3) is 0 Å². The molecule has 1 atom stereocenters. The maximum Gasteiger partial charge on any atom is 0.281 e. The van der Waals surface area contributed by atoms with Gasteiger partial charge in [0.15, 0.2) is 29.6 Å². The van der Waals surface area contributed by atoms with E-state index in [1.165, 1.54) is 17.1 Å². The van der Waals surface area contributed by atoms with Gasteiger partial charge in [-0.15, -0.1) is 0 Å². The lowest BCUT2D eigenvalue weighted by Crippen LogP contribution is -2.31. The molecule has 0 radical (unpaired) electrons. The van der Waals surface area contributed by atoms with E-state index in [9.17, 15) is 14.0 Å². The Balaban J connectivity index is 1.62. The molecule has 0 aromatic heterocycles. The van der Waals surface area contributed by atoms with E-state index in [1.807, 2.05) is 13.0 Å². The Bertz CT molecular complexity index is 1310. The van der Waals surface area contributed by atoms with Crippen LogP contribution in [0.2, 0.25) is 0 Å². The van der Waals surface area contributed by atoms with Crippen molar-refractivity contribution in [3.05, 3.63) is 83.2 Å². The van der Waals surface area contributed by atoms with Crippen LogP contribution in [0.1, 0.15) is 40.9 Å². The number of hydrazone groups is 1. The number of amides is 1. The largest absolute Gasteiger partial charge is 0.493 e. The first-order chi connectivity index (χ1) is 18.0. The lowest BCUT2D eigenvalue weighted by Gasteiger charge is -2.23. The van der Waals surface area contributed by atoms with Gasteiger partial charge in [-0.3, -0.25) is 9.59 Å². The van der Waals surface area contributed by atoms with Gasteiger partial charge in [-0.25, -0.2) is 9.40 Å². The zero-order chi connectivity index (χ0) is 26.4. The highest BCUT2D eigenvalue weighted by molar-refractivity contribution is 6.03. The van der Waals surface area contributed by atoms with Crippen LogP contribution in [-0.2, 0) is 4.79 Å². The predicted molar refractivity (Wildman–Crippen MR) is 135 cm³/mol. The number of aldehydes is 1. The van der Waals surface area contributed by atoms with Gasteiger partial charge in [-0.1, -0.05) is 18.2 Å². The van der Waals surface area contributed by atoms with E-state index < -0.39 is 6.04 Å². The molecule has 0 saturated heterocycles. The van der Waals surface area contributed by atoms with Crippen LogP contribution in [0, 0.1) is 5.82 Å². The zero-order valence-electron chi connectivity index (χ0n) is 20.8. The topological polar surface area (TPSA) is 86.7 Å². The van der Waals surface area contributed by atoms with Crippen molar-refractivity contribution in [1.82, 2.24) is 5.01 Å². The fourth-order valence-corrected chi connectivity index (χ4v) is 4.07. The smallest absolute Gasteiger partial charge is 0.281 e. The average molecular weight is 507 g/mol. The summed E-state index contributed by atoms with van der Waals surface area (Å²) in [5.74, 6) is 1.05. The summed E-state index contributed by atoms with van der Waals surface area (Å²) in [6, 6.07) is 15.7. The Morgan fingerprint density at radius 1 is 0.973 bits per heavy atom. The molecule has 3 aromatic rings. The van der Waals surface area contributed by atoms with E-state index >= 15 is 0 Å². The van der Waals surface area contributed by atoms with Gasteiger partial charge in [-0.2, -0.15) is 5.10 Å². The van der Waals surface area contributed by atoms with Crippen LogP contribution in [0.15, 0.2) is 65.8 Å². The molecule has 3 aromatic carbocycles. The highest BCUT2D eigenvalue weighted by atomic mass is 19.1. The highest BCUT2D eigenvalue weighted by Crippen LogP contribution is 2.37. The van der Waals surface area contributed by atoms with Crippen molar-refractivity contribution in [3.63, 3.8) is 0 Å². The minimum Gasteiger partial charge on any atom is -0.493 e. The fraction of sp³-hybridized carbons (Fsp3) is 0.250. The summed E-state index contributed by atoms with van der Waals surface area (Å²) >= 11 is 0. The molecular weight excluding hydrogens is 479 g/mol. The van der Waals surface area contributed by atoms with Gasteiger partial charge in [0, 0.05) is 12.0 Å². The van der Waals surface area contributed by atoms with Gasteiger partial charge in [-0.05, 0) is 60.5 Å². The number of ether oxygens (including phenoxy) is 4. The number of carbonyl (C=O) groups excluding carboxylic acids is 2. The van der Waals surface area contributed by atoms with Crippen molar-refractivity contribution in [2.45, 2.75) is 19.4 Å². The standard InChI is InChI=1S/C28H27FN2O6/c1-4-36-27-13-18(16-32)5-11-25(27)37-17-28(33)31-23(20-8-12-24(34-2)26(14-20)35-3)15-22(30-31)19-6-9-21(29)10-7-19/h5-14,16,23H,4,15,17H2,1-3H3. The maximum atomic E-state index is 13.5. The first-order valence-corrected chi connectivity index (χ1v) is 11.7. The number of carbonyl (C=O) groups is 2. The van der Waals surface area contributed by atoms with Crippen LogP contribution >= 0.6 is 0 Å². The summed E-state index contributed by atoms with van der Waals surface area (Å²) in [6.07, 6.45) is 1.12. The molecule has 1 heterocycles. The summed E-state index contributed by atoms with van der Waals surface area (Å²) in [5.41, 5.74) is 2.57. The van der Waals surface area contributed by atoms with Crippen molar-refractivity contribution in [2.75, 3.05) is 27.4 Å². The van der Waals surface area contributed by atoms with Crippen molar-refractivity contribution in [1.29, 1.82) is 0 Å². The van der Waals surface area contributed by atoms with E-state index in [-0.39, 0.29) is 18.3 Å². The van der Waals surface area contributed by atoms with Gasteiger partial charge >= 0.3 is 0 Å². The lowest BCUT2D eigenvalue weighted by molar-refractivity contribution is -0.135. The Labute approximate surface area is 214 Å². The molecule has 0 N–H and O–H groups in total. The first-order valence-electron chi connectivity index (χ1n) is 11.7. The second kappa shape index (κ2) is 11.6. The lowest BCUT2D eigenvalue weighted by atomic mass is 9.98. The Morgan fingerprint density at radius 2 is 1.70 bits per heavy atom. The number of benzene rings is 3. The summed E-state index contributed by atoms with van der Waals surface area (Å²) in [5, 5.41) is 5.97. The van der Waals surface area contributed by atoms with Crippen molar-refractivity contribution in [3.8, 4) is 23.0 Å². The van der Waals surface area contributed by atoms with Gasteiger partial charge in [0.1, 0.15) is 12.1 Å². The maximum absolute atomic E-state index is 13.5. The Hall–Kier alpha value is -4.40. The molecule has 37 heavy (non-hydrogen) atoms. The molecular formula is C28H27FN2O6. The van der Waals surface area contributed by atoms with Crippen LogP contribution in [-0.4, -0.2) is 50.3 Å². The molecule has 9 heteroatoms. The molecule has 1 aliphatic rings. The Morgan fingerprint density at radius 3 is 2.38 bits per heavy atom. The van der Waals surface area contributed by atoms with Crippen molar-refractivity contribution in [2.24, 2.45) is 5.10 Å². The number of halogens is 1. The zero-order valence-corrected chi connectivity index (χ0v) is 20.8. The monoisotopic (exact) mass is 506 g/mol. The summed E-state index contributed by atoms with van der Waals surface area (Å²) in [6.45, 7) is 1.86. The van der Waals surface area contributed by atoms with Gasteiger partial charge in [0.2, 0.25) is 0 Å². The van der Waals surface area contributed by atoms with Gasteiger partial charge in [0.05, 0.1) is 32.6 Å². The highest BCUT2D eigenvalue weighted by Gasteiger charge is 2.34. The number of methoxy groups -OCH3 is 2. The summed E-state index contributed by atoms with van der Waals surface area (Å²) < 4.78 is 35.6. The third kappa shape index (κ3) is 5.72. The molecule has 0 aliphatic carbocycles. The minimum absolute atomic E-state index is 0.315.